The fraction of sp³-hybridized carbons (Fsp3) is 0.375. The lowest BCUT2D eigenvalue weighted by molar-refractivity contribution is -0.133. The monoisotopic (exact) mass is 156 g/mol. The van der Waals surface area contributed by atoms with Crippen LogP contribution in [-0.4, -0.2) is 17.7 Å². The van der Waals surface area contributed by atoms with E-state index in [9.17, 15) is 4.79 Å². The van der Waals surface area contributed by atoms with Crippen LogP contribution in [-0.2, 0) is 9.53 Å². The van der Waals surface area contributed by atoms with E-state index in [1.54, 1.807) is 13.0 Å². The quantitative estimate of drug-likeness (QED) is 0.375. The van der Waals surface area contributed by atoms with Crippen LogP contribution in [0.4, 0.5) is 0 Å². The smallest absolute Gasteiger partial charge is 0.335 e. The Balaban J connectivity index is 3.75. The molecule has 0 amide bonds. The second-order valence-electron chi connectivity index (χ2n) is 1.95. The van der Waals surface area contributed by atoms with Crippen molar-refractivity contribution in [3.05, 3.63) is 24.5 Å². The van der Waals surface area contributed by atoms with Gasteiger partial charge in [-0.25, -0.2) is 4.79 Å². The average Bonchev–Trinajstić information content (AvgIpc) is 2.00. The Bertz CT molecular complexity index is 170. The zero-order chi connectivity index (χ0) is 8.69. The van der Waals surface area contributed by atoms with E-state index < -0.39 is 5.97 Å². The second-order valence-corrected chi connectivity index (χ2v) is 1.95. The minimum absolute atomic E-state index is 0.0585. The zero-order valence-corrected chi connectivity index (χ0v) is 6.54. The normalized spacial score (nSPS) is 10.9. The Labute approximate surface area is 66.0 Å². The van der Waals surface area contributed by atoms with E-state index in [1.807, 2.05) is 0 Å². The Morgan fingerprint density at radius 3 is 2.82 bits per heavy atom. The first-order valence-electron chi connectivity index (χ1n) is 3.32. The predicted octanol–water partition coefficient (Wildman–Crippen LogP) is 1.00. The van der Waals surface area contributed by atoms with Crippen LogP contribution in [0.15, 0.2) is 24.5 Å². The van der Waals surface area contributed by atoms with Gasteiger partial charge in [0.25, 0.3) is 0 Å². The second kappa shape index (κ2) is 5.68. The molecule has 3 heteroatoms. The van der Waals surface area contributed by atoms with Crippen molar-refractivity contribution < 1.29 is 14.6 Å². The number of hydrogen-bond donors (Lipinski definition) is 1. The summed E-state index contributed by atoms with van der Waals surface area (Å²) in [5, 5.41) is 8.40. The molecule has 1 N–H and O–H groups in total. The van der Waals surface area contributed by atoms with E-state index in [1.165, 1.54) is 0 Å². The average molecular weight is 156 g/mol. The summed E-state index contributed by atoms with van der Waals surface area (Å²) in [7, 11) is 0. The summed E-state index contributed by atoms with van der Waals surface area (Å²) in [5.74, 6) is 0.0145. The zero-order valence-electron chi connectivity index (χ0n) is 6.54. The van der Waals surface area contributed by atoms with Gasteiger partial charge in [-0.1, -0.05) is 6.58 Å². The summed E-state index contributed by atoms with van der Waals surface area (Å²) in [6.45, 7) is 4.95. The highest BCUT2D eigenvalue weighted by molar-refractivity contribution is 5.81. The third-order valence-electron chi connectivity index (χ3n) is 0.989. The molecule has 0 saturated carbocycles. The molecule has 0 aliphatic rings. The van der Waals surface area contributed by atoms with E-state index >= 15 is 0 Å². The van der Waals surface area contributed by atoms with Crippen molar-refractivity contribution >= 4 is 5.97 Å². The molecule has 0 fully saturated rings. The fourth-order valence-electron chi connectivity index (χ4n) is 0.510. The number of carbonyl (C=O) groups is 1. The largest absolute Gasteiger partial charge is 0.429 e. The van der Waals surface area contributed by atoms with Crippen LogP contribution < -0.4 is 0 Å². The molecule has 0 aromatic heterocycles. The summed E-state index contributed by atoms with van der Waals surface area (Å²) < 4.78 is 4.69. The van der Waals surface area contributed by atoms with Crippen LogP contribution in [0.25, 0.3) is 0 Å². The fourth-order valence-corrected chi connectivity index (χ4v) is 0.510. The lowest BCUT2D eigenvalue weighted by Crippen LogP contribution is -1.97. The molecular formula is C8H12O3. The van der Waals surface area contributed by atoms with Gasteiger partial charge in [0.05, 0.1) is 0 Å². The van der Waals surface area contributed by atoms with Gasteiger partial charge in [0.15, 0.2) is 0 Å². The summed E-state index contributed by atoms with van der Waals surface area (Å²) in [6, 6.07) is 0. The lowest BCUT2D eigenvalue weighted by atomic mass is 10.4. The summed E-state index contributed by atoms with van der Waals surface area (Å²) >= 11 is 0. The SMILES string of the molecule is C=CC(=O)OC(C)=CCCO. The topological polar surface area (TPSA) is 46.5 Å². The van der Waals surface area contributed by atoms with Gasteiger partial charge >= 0.3 is 5.97 Å². The van der Waals surface area contributed by atoms with Gasteiger partial charge in [0, 0.05) is 12.7 Å². The molecule has 0 aliphatic heterocycles. The van der Waals surface area contributed by atoms with Gasteiger partial charge in [-0.15, -0.1) is 0 Å². The maximum atomic E-state index is 10.5. The van der Waals surface area contributed by atoms with E-state index in [2.05, 4.69) is 6.58 Å². The molecule has 0 bridgehead atoms. The first-order valence-corrected chi connectivity index (χ1v) is 3.32. The van der Waals surface area contributed by atoms with Gasteiger partial charge in [0.1, 0.15) is 5.76 Å². The maximum Gasteiger partial charge on any atom is 0.335 e. The molecule has 3 nitrogen and oxygen atoms in total. The van der Waals surface area contributed by atoms with Crippen molar-refractivity contribution in [1.82, 2.24) is 0 Å². The molecule has 0 aliphatic carbocycles. The van der Waals surface area contributed by atoms with Crippen LogP contribution in [0.5, 0.6) is 0 Å². The first kappa shape index (κ1) is 9.91. The molecule has 0 aromatic carbocycles. The van der Waals surface area contributed by atoms with Crippen LogP contribution in [0.2, 0.25) is 0 Å². The maximum absolute atomic E-state index is 10.5. The number of carbonyl (C=O) groups excluding carboxylic acids is 1. The Morgan fingerprint density at radius 1 is 1.73 bits per heavy atom. The number of aliphatic hydroxyl groups excluding tert-OH is 1. The van der Waals surface area contributed by atoms with Crippen molar-refractivity contribution in [3.8, 4) is 0 Å². The Kier molecular flexibility index (Phi) is 5.11. The van der Waals surface area contributed by atoms with Crippen LogP contribution in [0.3, 0.4) is 0 Å². The van der Waals surface area contributed by atoms with Crippen LogP contribution in [0, 0.1) is 0 Å². The molecule has 11 heavy (non-hydrogen) atoms. The van der Waals surface area contributed by atoms with Crippen molar-refractivity contribution in [2.75, 3.05) is 6.61 Å². The van der Waals surface area contributed by atoms with Gasteiger partial charge < -0.3 is 9.84 Å². The molecule has 0 atom stereocenters. The number of aliphatic hydroxyl groups is 1. The summed E-state index contributed by atoms with van der Waals surface area (Å²) in [5.41, 5.74) is 0. The molecule has 0 saturated heterocycles. The van der Waals surface area contributed by atoms with Crippen molar-refractivity contribution in [1.29, 1.82) is 0 Å². The summed E-state index contributed by atoms with van der Waals surface area (Å²) in [6.07, 6.45) is 3.23. The standard InChI is InChI=1S/C8H12O3/c1-3-8(10)11-7(2)5-4-6-9/h3,5,9H,1,4,6H2,2H3. The van der Waals surface area contributed by atoms with E-state index in [0.29, 0.717) is 12.2 Å². The number of esters is 1. The van der Waals surface area contributed by atoms with Gasteiger partial charge in [-0.05, 0) is 19.4 Å². The van der Waals surface area contributed by atoms with E-state index in [0.717, 1.165) is 6.08 Å². The third kappa shape index (κ3) is 5.36. The highest BCUT2D eigenvalue weighted by Gasteiger charge is 1.95. The predicted molar refractivity (Wildman–Crippen MR) is 41.7 cm³/mol. The van der Waals surface area contributed by atoms with Crippen LogP contribution in [0.1, 0.15) is 13.3 Å². The molecule has 0 rings (SSSR count). The van der Waals surface area contributed by atoms with Gasteiger partial charge in [-0.3, -0.25) is 0 Å². The Morgan fingerprint density at radius 2 is 2.36 bits per heavy atom. The third-order valence-corrected chi connectivity index (χ3v) is 0.989. The van der Waals surface area contributed by atoms with Crippen molar-refractivity contribution in [2.45, 2.75) is 13.3 Å². The molecule has 0 heterocycles. The lowest BCUT2D eigenvalue weighted by Gasteiger charge is -1.98. The Hall–Kier alpha value is -1.09. The van der Waals surface area contributed by atoms with Gasteiger partial charge in [-0.2, -0.15) is 0 Å². The first-order chi connectivity index (χ1) is 5.20. The highest BCUT2D eigenvalue weighted by atomic mass is 16.5. The molecule has 62 valence electrons. The molecule has 0 unspecified atom stereocenters. The molecular weight excluding hydrogens is 144 g/mol. The van der Waals surface area contributed by atoms with Crippen LogP contribution >= 0.6 is 0 Å². The number of allylic oxidation sites excluding steroid dienone is 1. The summed E-state index contributed by atoms with van der Waals surface area (Å²) in [4.78, 5) is 10.5. The van der Waals surface area contributed by atoms with E-state index in [4.69, 9.17) is 9.84 Å². The minimum Gasteiger partial charge on any atom is -0.429 e. The molecule has 0 spiro atoms. The number of rotatable bonds is 4. The number of ether oxygens (including phenoxy) is 1. The molecule has 0 aromatic rings. The van der Waals surface area contributed by atoms with Crippen molar-refractivity contribution in [3.63, 3.8) is 0 Å². The highest BCUT2D eigenvalue weighted by Crippen LogP contribution is 1.97. The van der Waals surface area contributed by atoms with Crippen molar-refractivity contribution in [2.24, 2.45) is 0 Å². The van der Waals surface area contributed by atoms with Gasteiger partial charge in [0.2, 0.25) is 0 Å². The number of hydrogen-bond acceptors (Lipinski definition) is 3. The minimum atomic E-state index is -0.475. The molecule has 0 radical (unpaired) electrons. The van der Waals surface area contributed by atoms with E-state index in [-0.39, 0.29) is 6.61 Å².